The quantitative estimate of drug-likeness (QED) is 0.168. The third-order valence-corrected chi connectivity index (χ3v) is 5.05. The van der Waals surface area contributed by atoms with Crippen molar-refractivity contribution in [2.24, 2.45) is 11.5 Å². The van der Waals surface area contributed by atoms with Gasteiger partial charge in [-0.2, -0.15) is 0 Å². The molecule has 1 radical (unpaired) electrons. The number of nitrogens with two attached hydrogens (primary N) is 2. The average Bonchev–Trinajstić information content (AvgIpc) is 2.75. The third-order valence-electron chi connectivity index (χ3n) is 5.05. The van der Waals surface area contributed by atoms with Gasteiger partial charge >= 0.3 is 5.97 Å². The van der Waals surface area contributed by atoms with Crippen LogP contribution in [0, 0.1) is 0 Å². The Hall–Kier alpha value is -2.00. The smallest absolute Gasteiger partial charge is 0.303 e. The molecule has 0 bridgehead atoms. The molecular weight excluding hydrogens is 400 g/mol. The number of hydrogen-bond acceptors (Lipinski definition) is 6. The highest BCUT2D eigenvalue weighted by atomic mass is 16.4. The first-order valence-electron chi connectivity index (χ1n) is 11.5. The molecule has 179 valence electrons. The van der Waals surface area contributed by atoms with Gasteiger partial charge in [-0.05, 0) is 12.8 Å². The van der Waals surface area contributed by atoms with Crippen molar-refractivity contribution >= 4 is 24.1 Å². The number of aliphatic carboxylic acids is 1. The predicted octanol–water partition coefficient (Wildman–Crippen LogP) is 1.53. The Morgan fingerprint density at radius 1 is 0.710 bits per heavy atom. The number of carbonyl (C=O) groups excluding carboxylic acids is 3. The van der Waals surface area contributed by atoms with E-state index in [2.05, 4.69) is 10.6 Å². The van der Waals surface area contributed by atoms with E-state index in [1.54, 1.807) is 6.29 Å². The van der Waals surface area contributed by atoms with Gasteiger partial charge in [0, 0.05) is 25.9 Å². The molecule has 9 heteroatoms. The largest absolute Gasteiger partial charge is 0.481 e. The maximum Gasteiger partial charge on any atom is 0.303 e. The molecule has 9 nitrogen and oxygen atoms in total. The van der Waals surface area contributed by atoms with E-state index in [0.29, 0.717) is 6.42 Å². The molecule has 0 aliphatic rings. The Kier molecular flexibility index (Phi) is 18.6. The van der Waals surface area contributed by atoms with E-state index in [0.717, 1.165) is 38.5 Å². The molecule has 0 spiro atoms. The highest BCUT2D eigenvalue weighted by molar-refractivity contribution is 5.83. The summed E-state index contributed by atoms with van der Waals surface area (Å²) >= 11 is 0. The SMILES string of the molecule is N[C@H]([C]=O)CNC(=O)[C@@H](N)CNC(=O)CCCCCCCCCCCCCCC(=O)O. The summed E-state index contributed by atoms with van der Waals surface area (Å²) in [6.45, 7) is 0.0167. The summed E-state index contributed by atoms with van der Waals surface area (Å²) in [5.41, 5.74) is 11.0. The molecule has 7 N–H and O–H groups in total. The normalized spacial score (nSPS) is 12.7. The van der Waals surface area contributed by atoms with Gasteiger partial charge < -0.3 is 27.2 Å². The van der Waals surface area contributed by atoms with Crippen LogP contribution in [-0.2, 0) is 19.2 Å². The molecule has 0 aromatic rings. The van der Waals surface area contributed by atoms with Crippen LogP contribution in [0.3, 0.4) is 0 Å². The van der Waals surface area contributed by atoms with Crippen LogP contribution in [0.25, 0.3) is 0 Å². The standard InChI is InChI=1S/C22H41N4O5/c23-18(17-27)15-26-22(31)19(24)16-25-20(28)13-11-9-7-5-3-1-2-4-6-8-10-12-14-21(29)30/h18-19H,1-16,23-24H2,(H,25,28)(H,26,31)(H,29,30)/t18-,19-/m0/s1. The molecule has 0 fully saturated rings. The number of carbonyl (C=O) groups is 3. The van der Waals surface area contributed by atoms with Gasteiger partial charge in [0.25, 0.3) is 0 Å². The van der Waals surface area contributed by atoms with E-state index in [4.69, 9.17) is 16.6 Å². The van der Waals surface area contributed by atoms with Gasteiger partial charge in [-0.15, -0.1) is 0 Å². The van der Waals surface area contributed by atoms with Crippen molar-refractivity contribution in [2.45, 2.75) is 102 Å². The number of carboxylic acids is 1. The molecule has 0 aliphatic heterocycles. The molecule has 0 saturated heterocycles. The van der Waals surface area contributed by atoms with E-state index >= 15 is 0 Å². The molecule has 0 unspecified atom stereocenters. The molecule has 0 heterocycles. The lowest BCUT2D eigenvalue weighted by Gasteiger charge is -2.13. The van der Waals surface area contributed by atoms with E-state index < -0.39 is 24.0 Å². The van der Waals surface area contributed by atoms with Gasteiger partial charge in [0.1, 0.15) is 6.04 Å². The molecule has 0 aliphatic carbocycles. The summed E-state index contributed by atoms with van der Waals surface area (Å²) in [4.78, 5) is 44.2. The molecule has 0 saturated carbocycles. The summed E-state index contributed by atoms with van der Waals surface area (Å²) in [7, 11) is 0. The van der Waals surface area contributed by atoms with Crippen molar-refractivity contribution in [1.29, 1.82) is 0 Å². The fourth-order valence-electron chi connectivity index (χ4n) is 3.12. The van der Waals surface area contributed by atoms with Crippen molar-refractivity contribution < 1.29 is 24.3 Å². The van der Waals surface area contributed by atoms with Crippen LogP contribution in [0.2, 0.25) is 0 Å². The first kappa shape index (κ1) is 29.0. The second kappa shape index (κ2) is 19.9. The lowest BCUT2D eigenvalue weighted by atomic mass is 10.0. The number of nitrogens with one attached hydrogen (secondary N) is 2. The van der Waals surface area contributed by atoms with Crippen LogP contribution >= 0.6 is 0 Å². The van der Waals surface area contributed by atoms with Crippen molar-refractivity contribution in [1.82, 2.24) is 10.6 Å². The number of carboxylic acid groups (broad SMARTS) is 1. The van der Waals surface area contributed by atoms with Gasteiger partial charge in [0.2, 0.25) is 18.1 Å². The van der Waals surface area contributed by atoms with Gasteiger partial charge in [-0.3, -0.25) is 19.2 Å². The van der Waals surface area contributed by atoms with Gasteiger partial charge in [0.15, 0.2) is 0 Å². The minimum absolute atomic E-state index is 0.0292. The molecule has 0 aromatic carbocycles. The highest BCUT2D eigenvalue weighted by Gasteiger charge is 2.15. The molecular formula is C22H41N4O5. The Labute approximate surface area is 186 Å². The molecule has 31 heavy (non-hydrogen) atoms. The Morgan fingerprint density at radius 2 is 1.16 bits per heavy atom. The van der Waals surface area contributed by atoms with E-state index in [1.165, 1.54) is 38.5 Å². The molecule has 2 atom stereocenters. The molecule has 0 aromatic heterocycles. The Morgan fingerprint density at radius 3 is 1.61 bits per heavy atom. The van der Waals surface area contributed by atoms with Crippen LogP contribution in [0.15, 0.2) is 0 Å². The van der Waals surface area contributed by atoms with Crippen LogP contribution in [0.1, 0.15) is 89.9 Å². The topological polar surface area (TPSA) is 165 Å². The number of unbranched alkanes of at least 4 members (excludes halogenated alkanes) is 11. The summed E-state index contributed by atoms with van der Waals surface area (Å²) in [6, 6.07) is -1.76. The summed E-state index contributed by atoms with van der Waals surface area (Å²) in [5.74, 6) is -1.30. The van der Waals surface area contributed by atoms with Gasteiger partial charge in [-0.25, -0.2) is 0 Å². The Balaban J connectivity index is 3.43. The predicted molar refractivity (Wildman–Crippen MR) is 120 cm³/mol. The molecule has 2 amide bonds. The second-order valence-electron chi connectivity index (χ2n) is 8.02. The zero-order valence-electron chi connectivity index (χ0n) is 18.7. The summed E-state index contributed by atoms with van der Waals surface area (Å²) in [5, 5.41) is 13.7. The third kappa shape index (κ3) is 19.7. The monoisotopic (exact) mass is 441 g/mol. The number of amides is 2. The fraction of sp³-hybridized carbons (Fsp3) is 0.818. The number of hydrogen-bond donors (Lipinski definition) is 5. The maximum absolute atomic E-state index is 11.8. The highest BCUT2D eigenvalue weighted by Crippen LogP contribution is 2.13. The average molecular weight is 442 g/mol. The van der Waals surface area contributed by atoms with Crippen LogP contribution in [0.4, 0.5) is 0 Å². The maximum atomic E-state index is 11.8. The number of rotatable bonds is 21. The zero-order valence-corrected chi connectivity index (χ0v) is 18.7. The minimum atomic E-state index is -0.882. The second-order valence-corrected chi connectivity index (χ2v) is 8.02. The van der Waals surface area contributed by atoms with Crippen molar-refractivity contribution in [2.75, 3.05) is 13.1 Å². The summed E-state index contributed by atoms with van der Waals surface area (Å²) in [6.07, 6.45) is 15.3. The molecule has 0 rings (SSSR count). The summed E-state index contributed by atoms with van der Waals surface area (Å²) < 4.78 is 0. The van der Waals surface area contributed by atoms with Crippen molar-refractivity contribution in [3.63, 3.8) is 0 Å². The van der Waals surface area contributed by atoms with Crippen LogP contribution < -0.4 is 22.1 Å². The lowest BCUT2D eigenvalue weighted by molar-refractivity contribution is -0.137. The van der Waals surface area contributed by atoms with Crippen LogP contribution in [-0.4, -0.2) is 54.3 Å². The van der Waals surface area contributed by atoms with E-state index in [-0.39, 0.29) is 25.4 Å². The van der Waals surface area contributed by atoms with E-state index in [9.17, 15) is 19.2 Å². The van der Waals surface area contributed by atoms with Crippen molar-refractivity contribution in [3.8, 4) is 0 Å². The van der Waals surface area contributed by atoms with Gasteiger partial charge in [-0.1, -0.05) is 64.2 Å². The fourth-order valence-corrected chi connectivity index (χ4v) is 3.12. The van der Waals surface area contributed by atoms with E-state index in [1.807, 2.05) is 0 Å². The zero-order chi connectivity index (χ0) is 23.3. The van der Waals surface area contributed by atoms with Crippen molar-refractivity contribution in [3.05, 3.63) is 0 Å². The van der Waals surface area contributed by atoms with Crippen LogP contribution in [0.5, 0.6) is 0 Å². The lowest BCUT2D eigenvalue weighted by Crippen LogP contribution is -2.50. The first-order valence-corrected chi connectivity index (χ1v) is 11.5. The first-order chi connectivity index (χ1) is 14.9. The minimum Gasteiger partial charge on any atom is -0.481 e. The Bertz CT molecular complexity index is 516. The van der Waals surface area contributed by atoms with Gasteiger partial charge in [0.05, 0.1) is 6.04 Å².